The van der Waals surface area contributed by atoms with Crippen LogP contribution in [0.25, 0.3) is 6.08 Å². The second-order valence-electron chi connectivity index (χ2n) is 5.20. The van der Waals surface area contributed by atoms with Crippen LogP contribution in [0.1, 0.15) is 19.4 Å². The second kappa shape index (κ2) is 8.30. The van der Waals surface area contributed by atoms with E-state index in [1.165, 1.54) is 23.7 Å². The number of thioether (sulfide) groups is 1. The third kappa shape index (κ3) is 4.15. The van der Waals surface area contributed by atoms with Crippen molar-refractivity contribution < 1.29 is 9.59 Å². The Balaban J connectivity index is 2.15. The normalized spacial score (nSPS) is 16.0. The summed E-state index contributed by atoms with van der Waals surface area (Å²) in [6.45, 7) is 6.10. The molecule has 0 atom stereocenters. The molecule has 0 bridgehead atoms. The number of thiocarbonyl (C=S) groups is 1. The summed E-state index contributed by atoms with van der Waals surface area (Å²) in [6.07, 6.45) is 1.81. The maximum atomic E-state index is 12.4. The highest BCUT2D eigenvalue weighted by Gasteiger charge is 2.33. The molecule has 5 nitrogen and oxygen atoms in total. The second-order valence-corrected chi connectivity index (χ2v) is 6.88. The van der Waals surface area contributed by atoms with Crippen molar-refractivity contribution in [3.63, 3.8) is 0 Å². The minimum absolute atomic E-state index is 0.0423. The van der Waals surface area contributed by atoms with Crippen LogP contribution in [0.15, 0.2) is 29.2 Å². The van der Waals surface area contributed by atoms with Crippen LogP contribution >= 0.6 is 24.0 Å². The van der Waals surface area contributed by atoms with Crippen molar-refractivity contribution in [2.24, 2.45) is 0 Å². The molecular weight excluding hydrogens is 342 g/mol. The van der Waals surface area contributed by atoms with Crippen LogP contribution in [0.2, 0.25) is 0 Å². The average molecular weight is 364 g/mol. The zero-order valence-corrected chi connectivity index (χ0v) is 15.7. The molecule has 2 amide bonds. The van der Waals surface area contributed by atoms with Crippen LogP contribution in [0.5, 0.6) is 0 Å². The van der Waals surface area contributed by atoms with Crippen molar-refractivity contribution in [2.75, 3.05) is 31.6 Å². The van der Waals surface area contributed by atoms with Crippen molar-refractivity contribution in [2.45, 2.75) is 13.8 Å². The molecule has 1 aliphatic heterocycles. The molecular formula is C17H21N3O2S2. The Morgan fingerprint density at radius 2 is 1.92 bits per heavy atom. The minimum Gasteiger partial charge on any atom is -0.372 e. The Kier molecular flexibility index (Phi) is 6.39. The monoisotopic (exact) mass is 363 g/mol. The Hall–Kier alpha value is -1.86. The van der Waals surface area contributed by atoms with Crippen molar-refractivity contribution in [3.8, 4) is 0 Å². The van der Waals surface area contributed by atoms with Crippen LogP contribution < -0.4 is 10.2 Å². The summed E-state index contributed by atoms with van der Waals surface area (Å²) in [5.41, 5.74) is 2.09. The number of rotatable bonds is 6. The largest absolute Gasteiger partial charge is 0.372 e. The first-order valence-electron chi connectivity index (χ1n) is 7.81. The van der Waals surface area contributed by atoms with Crippen molar-refractivity contribution >= 4 is 51.9 Å². The lowest BCUT2D eigenvalue weighted by Gasteiger charge is -2.20. The van der Waals surface area contributed by atoms with Gasteiger partial charge >= 0.3 is 0 Å². The van der Waals surface area contributed by atoms with E-state index in [9.17, 15) is 9.59 Å². The Morgan fingerprint density at radius 3 is 2.46 bits per heavy atom. The van der Waals surface area contributed by atoms with Crippen LogP contribution in [0, 0.1) is 0 Å². The molecule has 1 heterocycles. The third-order valence-corrected chi connectivity index (χ3v) is 5.15. The lowest BCUT2D eigenvalue weighted by atomic mass is 10.1. The molecule has 1 aliphatic rings. The Labute approximate surface area is 152 Å². The number of carbonyl (C=O) groups excluding carboxylic acids is 2. The van der Waals surface area contributed by atoms with Gasteiger partial charge in [-0.1, -0.05) is 36.1 Å². The van der Waals surface area contributed by atoms with Gasteiger partial charge in [0.15, 0.2) is 0 Å². The molecule has 0 unspecified atom stereocenters. The number of nitrogens with zero attached hydrogens (tertiary/aromatic N) is 2. The van der Waals surface area contributed by atoms with Gasteiger partial charge in [-0.05, 0) is 37.6 Å². The summed E-state index contributed by atoms with van der Waals surface area (Å²) in [4.78, 5) is 28.0. The predicted octanol–water partition coefficient (Wildman–Crippen LogP) is 2.48. The molecule has 1 saturated heterocycles. The van der Waals surface area contributed by atoms with Gasteiger partial charge in [-0.15, -0.1) is 0 Å². The molecule has 0 radical (unpaired) electrons. The highest BCUT2D eigenvalue weighted by Crippen LogP contribution is 2.32. The van der Waals surface area contributed by atoms with E-state index in [1.54, 1.807) is 0 Å². The quantitative estimate of drug-likeness (QED) is 0.622. The number of hydrogen-bond donors (Lipinski definition) is 1. The van der Waals surface area contributed by atoms with E-state index in [4.69, 9.17) is 12.2 Å². The van der Waals surface area contributed by atoms with Gasteiger partial charge in [0, 0.05) is 25.8 Å². The molecule has 2 rings (SSSR count). The van der Waals surface area contributed by atoms with Gasteiger partial charge in [0.2, 0.25) is 5.91 Å². The van der Waals surface area contributed by atoms with Gasteiger partial charge in [0.05, 0.1) is 4.91 Å². The standard InChI is InChI=1S/C17H21N3O2S2/c1-4-19(5-2)13-8-6-12(7-9-13)10-14-16(22)20(17(23)24-14)11-15(21)18-3/h6-10H,4-5,11H2,1-3H3,(H,18,21)/b14-10+. The molecule has 1 aromatic carbocycles. The number of anilines is 1. The lowest BCUT2D eigenvalue weighted by molar-refractivity contribution is -0.128. The molecule has 1 fully saturated rings. The van der Waals surface area contributed by atoms with Crippen molar-refractivity contribution in [1.29, 1.82) is 0 Å². The van der Waals surface area contributed by atoms with Crippen molar-refractivity contribution in [1.82, 2.24) is 10.2 Å². The first-order chi connectivity index (χ1) is 11.5. The molecule has 24 heavy (non-hydrogen) atoms. The van der Waals surface area contributed by atoms with Gasteiger partial charge in [0.25, 0.3) is 5.91 Å². The van der Waals surface area contributed by atoms with Gasteiger partial charge < -0.3 is 10.2 Å². The fourth-order valence-electron chi connectivity index (χ4n) is 2.38. The van der Waals surface area contributed by atoms with Gasteiger partial charge in [-0.3, -0.25) is 14.5 Å². The van der Waals surface area contributed by atoms with E-state index in [-0.39, 0.29) is 18.4 Å². The van der Waals surface area contributed by atoms with E-state index in [0.717, 1.165) is 24.3 Å². The van der Waals surface area contributed by atoms with Crippen LogP contribution in [-0.4, -0.2) is 47.7 Å². The first kappa shape index (κ1) is 18.5. The fourth-order valence-corrected chi connectivity index (χ4v) is 3.64. The summed E-state index contributed by atoms with van der Waals surface area (Å²) in [6, 6.07) is 8.06. The van der Waals surface area contributed by atoms with Gasteiger partial charge in [-0.25, -0.2) is 0 Å². The Bertz CT molecular complexity index is 667. The number of nitrogens with one attached hydrogen (secondary N) is 1. The molecule has 0 spiro atoms. The molecule has 0 saturated carbocycles. The molecule has 128 valence electrons. The highest BCUT2D eigenvalue weighted by molar-refractivity contribution is 8.26. The zero-order chi connectivity index (χ0) is 17.7. The number of likely N-dealkylation sites (N-methyl/N-ethyl adjacent to an activating group) is 1. The van der Waals surface area contributed by atoms with Crippen LogP contribution in [-0.2, 0) is 9.59 Å². The molecule has 0 aliphatic carbocycles. The third-order valence-electron chi connectivity index (χ3n) is 3.77. The van der Waals surface area contributed by atoms with E-state index < -0.39 is 0 Å². The first-order valence-corrected chi connectivity index (χ1v) is 9.03. The number of benzene rings is 1. The SMILES string of the molecule is CCN(CC)c1ccc(/C=C2/SC(=S)N(CC(=O)NC)C2=O)cc1. The van der Waals surface area contributed by atoms with Crippen LogP contribution in [0.4, 0.5) is 5.69 Å². The summed E-state index contributed by atoms with van der Waals surface area (Å²) in [5, 5.41) is 2.50. The minimum atomic E-state index is -0.240. The van der Waals surface area contributed by atoms with Crippen LogP contribution in [0.3, 0.4) is 0 Å². The van der Waals surface area contributed by atoms with E-state index >= 15 is 0 Å². The average Bonchev–Trinajstić information content (AvgIpc) is 2.84. The molecule has 7 heteroatoms. The molecule has 1 N–H and O–H groups in total. The Morgan fingerprint density at radius 1 is 1.29 bits per heavy atom. The summed E-state index contributed by atoms with van der Waals surface area (Å²) >= 11 is 6.43. The van der Waals surface area contributed by atoms with E-state index in [1.807, 2.05) is 30.3 Å². The van der Waals surface area contributed by atoms with Gasteiger partial charge in [-0.2, -0.15) is 0 Å². The maximum absolute atomic E-state index is 12.4. The molecule has 1 aromatic rings. The number of carbonyl (C=O) groups is 2. The number of amides is 2. The topological polar surface area (TPSA) is 52.6 Å². The fraction of sp³-hybridized carbons (Fsp3) is 0.353. The van der Waals surface area contributed by atoms with E-state index in [0.29, 0.717) is 9.23 Å². The van der Waals surface area contributed by atoms with Crippen molar-refractivity contribution in [3.05, 3.63) is 34.7 Å². The highest BCUT2D eigenvalue weighted by atomic mass is 32.2. The van der Waals surface area contributed by atoms with Gasteiger partial charge in [0.1, 0.15) is 10.9 Å². The van der Waals surface area contributed by atoms with E-state index in [2.05, 4.69) is 24.1 Å². The smallest absolute Gasteiger partial charge is 0.266 e. The number of hydrogen-bond acceptors (Lipinski definition) is 5. The lowest BCUT2D eigenvalue weighted by Crippen LogP contribution is -2.38. The summed E-state index contributed by atoms with van der Waals surface area (Å²) in [5.74, 6) is -0.461. The summed E-state index contributed by atoms with van der Waals surface area (Å²) < 4.78 is 0.412. The predicted molar refractivity (Wildman–Crippen MR) is 104 cm³/mol. The maximum Gasteiger partial charge on any atom is 0.266 e. The summed E-state index contributed by atoms with van der Waals surface area (Å²) in [7, 11) is 1.53. The zero-order valence-electron chi connectivity index (χ0n) is 14.0. The molecule has 0 aromatic heterocycles.